The molecule has 0 spiro atoms. The third-order valence-corrected chi connectivity index (χ3v) is 4.60. The summed E-state index contributed by atoms with van der Waals surface area (Å²) in [5.41, 5.74) is 0. The summed E-state index contributed by atoms with van der Waals surface area (Å²) in [7, 11) is 1.95. The normalized spacial score (nSPS) is 33.9. The molecule has 2 heterocycles. The van der Waals surface area contributed by atoms with Crippen LogP contribution < -0.4 is 5.32 Å². The van der Waals surface area contributed by atoms with Gasteiger partial charge in [0, 0.05) is 33.2 Å². The molecule has 2 aliphatic heterocycles. The maximum atomic E-state index is 12.2. The zero-order valence-electron chi connectivity index (χ0n) is 11.1. The Balaban J connectivity index is 1.57. The molecule has 0 aromatic heterocycles. The van der Waals surface area contributed by atoms with Gasteiger partial charge in [-0.2, -0.15) is 0 Å². The first-order valence-electron chi connectivity index (χ1n) is 7.10. The van der Waals surface area contributed by atoms with E-state index in [4.69, 9.17) is 4.74 Å². The summed E-state index contributed by atoms with van der Waals surface area (Å²) >= 11 is 0. The molecule has 2 atom stereocenters. The molecular weight excluding hydrogens is 230 g/mol. The molecule has 0 radical (unpaired) electrons. The summed E-state index contributed by atoms with van der Waals surface area (Å²) in [4.78, 5) is 16.1. The van der Waals surface area contributed by atoms with E-state index in [9.17, 15) is 4.79 Å². The lowest BCUT2D eigenvalue weighted by molar-refractivity contribution is 0.0140. The highest BCUT2D eigenvalue weighted by Gasteiger charge is 2.41. The van der Waals surface area contributed by atoms with Crippen LogP contribution in [0.5, 0.6) is 0 Å². The van der Waals surface area contributed by atoms with E-state index in [0.717, 1.165) is 38.7 Å². The molecule has 0 aromatic carbocycles. The molecule has 5 heteroatoms. The van der Waals surface area contributed by atoms with Crippen molar-refractivity contribution in [3.05, 3.63) is 0 Å². The van der Waals surface area contributed by atoms with E-state index in [1.807, 2.05) is 16.8 Å². The van der Waals surface area contributed by atoms with Gasteiger partial charge in [-0.15, -0.1) is 0 Å². The Morgan fingerprint density at radius 1 is 1.44 bits per heavy atom. The Morgan fingerprint density at radius 2 is 2.28 bits per heavy atom. The molecule has 102 valence electrons. The van der Waals surface area contributed by atoms with Crippen LogP contribution in [0.2, 0.25) is 0 Å². The van der Waals surface area contributed by atoms with Gasteiger partial charge in [0.25, 0.3) is 0 Å². The van der Waals surface area contributed by atoms with Crippen LogP contribution in [-0.2, 0) is 4.74 Å². The third-order valence-electron chi connectivity index (χ3n) is 4.60. The number of ether oxygens (including phenoxy) is 1. The number of likely N-dealkylation sites (N-methyl/N-ethyl adjacent to an activating group) is 1. The molecule has 3 fully saturated rings. The number of urea groups is 1. The number of carbonyl (C=O) groups is 1. The van der Waals surface area contributed by atoms with Crippen molar-refractivity contribution in [1.82, 2.24) is 15.1 Å². The Hall–Kier alpha value is -0.810. The fraction of sp³-hybridized carbons (Fsp3) is 0.923. The second kappa shape index (κ2) is 5.05. The van der Waals surface area contributed by atoms with Gasteiger partial charge in [0.1, 0.15) is 0 Å². The van der Waals surface area contributed by atoms with Crippen molar-refractivity contribution < 1.29 is 9.53 Å². The lowest BCUT2D eigenvalue weighted by Gasteiger charge is -2.34. The van der Waals surface area contributed by atoms with Crippen LogP contribution in [0.3, 0.4) is 0 Å². The van der Waals surface area contributed by atoms with Gasteiger partial charge in [0.15, 0.2) is 0 Å². The molecule has 18 heavy (non-hydrogen) atoms. The molecule has 0 aromatic rings. The molecule has 2 unspecified atom stereocenters. The van der Waals surface area contributed by atoms with Crippen molar-refractivity contribution in [3.63, 3.8) is 0 Å². The standard InChI is InChI=1S/C13H23N3O2/c1-15-12(10-3-2-4-10)9-16(13(15)17)8-11-7-14-5-6-18-11/h10-12,14H,2-9H2,1H3. The molecule has 2 saturated heterocycles. The second-order valence-corrected chi connectivity index (χ2v) is 5.75. The molecule has 0 bridgehead atoms. The van der Waals surface area contributed by atoms with Gasteiger partial charge < -0.3 is 19.9 Å². The van der Waals surface area contributed by atoms with Crippen LogP contribution in [0.15, 0.2) is 0 Å². The van der Waals surface area contributed by atoms with Crippen molar-refractivity contribution in [2.75, 3.05) is 39.8 Å². The van der Waals surface area contributed by atoms with Crippen LogP contribution in [0.4, 0.5) is 4.79 Å². The average molecular weight is 253 g/mol. The summed E-state index contributed by atoms with van der Waals surface area (Å²) in [6, 6.07) is 0.615. The summed E-state index contributed by atoms with van der Waals surface area (Å²) in [5.74, 6) is 0.731. The molecule has 1 N–H and O–H groups in total. The number of carbonyl (C=O) groups excluding carboxylic acids is 1. The predicted molar refractivity (Wildman–Crippen MR) is 68.5 cm³/mol. The fourth-order valence-corrected chi connectivity index (χ4v) is 3.22. The Labute approximate surface area is 108 Å². The summed E-state index contributed by atoms with van der Waals surface area (Å²) in [6.07, 6.45) is 4.07. The molecule has 3 aliphatic rings. The first-order chi connectivity index (χ1) is 8.75. The second-order valence-electron chi connectivity index (χ2n) is 5.75. The number of morpholine rings is 1. The van der Waals surface area contributed by atoms with Crippen LogP contribution in [0.25, 0.3) is 0 Å². The fourth-order valence-electron chi connectivity index (χ4n) is 3.22. The Bertz CT molecular complexity index is 311. The molecule has 5 nitrogen and oxygen atoms in total. The van der Waals surface area contributed by atoms with Crippen LogP contribution in [0, 0.1) is 5.92 Å². The number of nitrogens with zero attached hydrogens (tertiary/aromatic N) is 2. The highest BCUT2D eigenvalue weighted by Crippen LogP contribution is 2.35. The Morgan fingerprint density at radius 3 is 2.89 bits per heavy atom. The minimum atomic E-state index is 0.163. The van der Waals surface area contributed by atoms with Crippen molar-refractivity contribution in [2.45, 2.75) is 31.4 Å². The smallest absolute Gasteiger partial charge is 0.320 e. The van der Waals surface area contributed by atoms with Crippen molar-refractivity contribution in [3.8, 4) is 0 Å². The van der Waals surface area contributed by atoms with Gasteiger partial charge in [-0.25, -0.2) is 4.79 Å². The molecule has 1 saturated carbocycles. The Kier molecular flexibility index (Phi) is 3.43. The zero-order chi connectivity index (χ0) is 12.5. The predicted octanol–water partition coefficient (Wildman–Crippen LogP) is 0.511. The van der Waals surface area contributed by atoms with E-state index in [1.165, 1.54) is 19.3 Å². The molecule has 3 rings (SSSR count). The molecule has 1 aliphatic carbocycles. The lowest BCUT2D eigenvalue weighted by atomic mass is 9.79. The SMILES string of the molecule is CN1C(=O)N(CC2CNCCO2)CC1C1CCC1. The van der Waals surface area contributed by atoms with E-state index >= 15 is 0 Å². The van der Waals surface area contributed by atoms with E-state index < -0.39 is 0 Å². The van der Waals surface area contributed by atoms with Crippen LogP contribution in [-0.4, -0.2) is 67.8 Å². The van der Waals surface area contributed by atoms with E-state index in [1.54, 1.807) is 0 Å². The topological polar surface area (TPSA) is 44.8 Å². The van der Waals surface area contributed by atoms with Crippen molar-refractivity contribution in [1.29, 1.82) is 0 Å². The maximum absolute atomic E-state index is 12.2. The van der Waals surface area contributed by atoms with Crippen molar-refractivity contribution >= 4 is 6.03 Å². The number of hydrogen-bond acceptors (Lipinski definition) is 3. The monoisotopic (exact) mass is 253 g/mol. The number of hydrogen-bond donors (Lipinski definition) is 1. The van der Waals surface area contributed by atoms with Crippen LogP contribution in [0.1, 0.15) is 19.3 Å². The van der Waals surface area contributed by atoms with Crippen molar-refractivity contribution in [2.24, 2.45) is 5.92 Å². The van der Waals surface area contributed by atoms with E-state index in [0.29, 0.717) is 6.04 Å². The quantitative estimate of drug-likeness (QED) is 0.797. The highest BCUT2D eigenvalue weighted by molar-refractivity contribution is 5.77. The van der Waals surface area contributed by atoms with E-state index in [2.05, 4.69) is 5.32 Å². The van der Waals surface area contributed by atoms with Gasteiger partial charge in [-0.3, -0.25) is 0 Å². The third kappa shape index (κ3) is 2.21. The van der Waals surface area contributed by atoms with Gasteiger partial charge in [0.05, 0.1) is 18.8 Å². The molecular formula is C13H23N3O2. The first kappa shape index (κ1) is 12.2. The van der Waals surface area contributed by atoms with E-state index in [-0.39, 0.29) is 12.1 Å². The zero-order valence-corrected chi connectivity index (χ0v) is 11.1. The minimum Gasteiger partial charge on any atom is -0.374 e. The number of nitrogens with one attached hydrogen (secondary N) is 1. The number of rotatable bonds is 3. The average Bonchev–Trinajstić information content (AvgIpc) is 2.58. The first-order valence-corrected chi connectivity index (χ1v) is 7.10. The lowest BCUT2D eigenvalue weighted by Crippen LogP contribution is -2.46. The number of amides is 2. The van der Waals surface area contributed by atoms with Gasteiger partial charge in [-0.1, -0.05) is 6.42 Å². The maximum Gasteiger partial charge on any atom is 0.320 e. The summed E-state index contributed by atoms with van der Waals surface area (Å²) in [5, 5.41) is 3.31. The summed E-state index contributed by atoms with van der Waals surface area (Å²) < 4.78 is 5.68. The van der Waals surface area contributed by atoms with Crippen LogP contribution >= 0.6 is 0 Å². The highest BCUT2D eigenvalue weighted by atomic mass is 16.5. The summed E-state index contributed by atoms with van der Waals surface area (Å²) in [6.45, 7) is 4.17. The largest absolute Gasteiger partial charge is 0.374 e. The van der Waals surface area contributed by atoms with Gasteiger partial charge in [0.2, 0.25) is 0 Å². The minimum absolute atomic E-state index is 0.163. The molecule has 2 amide bonds. The van der Waals surface area contributed by atoms with Gasteiger partial charge >= 0.3 is 6.03 Å². The van der Waals surface area contributed by atoms with Gasteiger partial charge in [-0.05, 0) is 18.8 Å².